The Bertz CT molecular complexity index is 742. The van der Waals surface area contributed by atoms with E-state index in [-0.39, 0.29) is 5.91 Å². The van der Waals surface area contributed by atoms with E-state index in [1.807, 2.05) is 23.1 Å². The standard InChI is InChI=1S/C19H21F3N4O/c20-19(21,22)15-4-6-16(7-5-15)23-10-8-18(27)26-13-11-25(12-14-26)17-3-1-2-9-24-17/h1-7,9,23H,8,10-14H2. The third-order valence-electron chi connectivity index (χ3n) is 4.49. The Morgan fingerprint density at radius 2 is 1.74 bits per heavy atom. The molecule has 0 saturated carbocycles. The molecule has 1 aliphatic heterocycles. The average Bonchev–Trinajstić information content (AvgIpc) is 2.68. The highest BCUT2D eigenvalue weighted by Gasteiger charge is 2.30. The van der Waals surface area contributed by atoms with Crippen molar-refractivity contribution >= 4 is 17.4 Å². The maximum atomic E-state index is 12.5. The lowest BCUT2D eigenvalue weighted by molar-refractivity contribution is -0.137. The molecule has 2 aromatic rings. The monoisotopic (exact) mass is 378 g/mol. The minimum absolute atomic E-state index is 0.0371. The second kappa shape index (κ2) is 8.28. The normalized spacial score (nSPS) is 14.9. The topological polar surface area (TPSA) is 48.5 Å². The number of rotatable bonds is 5. The van der Waals surface area contributed by atoms with Crippen LogP contribution in [0.4, 0.5) is 24.7 Å². The molecule has 1 aliphatic rings. The van der Waals surface area contributed by atoms with Crippen LogP contribution in [0.5, 0.6) is 0 Å². The SMILES string of the molecule is O=C(CCNc1ccc(C(F)(F)F)cc1)N1CCN(c2ccccn2)CC1. The third-order valence-corrected chi connectivity index (χ3v) is 4.49. The van der Waals surface area contributed by atoms with Crippen LogP contribution >= 0.6 is 0 Å². The minimum Gasteiger partial charge on any atom is -0.385 e. The molecule has 0 bridgehead atoms. The van der Waals surface area contributed by atoms with E-state index in [0.29, 0.717) is 31.7 Å². The van der Waals surface area contributed by atoms with E-state index in [4.69, 9.17) is 0 Å². The quantitative estimate of drug-likeness (QED) is 0.868. The van der Waals surface area contributed by atoms with Gasteiger partial charge in [-0.05, 0) is 36.4 Å². The second-order valence-corrected chi connectivity index (χ2v) is 6.31. The summed E-state index contributed by atoms with van der Waals surface area (Å²) in [6, 6.07) is 10.6. The van der Waals surface area contributed by atoms with E-state index in [9.17, 15) is 18.0 Å². The molecule has 1 N–H and O–H groups in total. The predicted molar refractivity (Wildman–Crippen MR) is 97.6 cm³/mol. The Morgan fingerprint density at radius 3 is 2.33 bits per heavy atom. The lowest BCUT2D eigenvalue weighted by Gasteiger charge is -2.35. The Hall–Kier alpha value is -2.77. The Balaban J connectivity index is 1.41. The number of aromatic nitrogens is 1. The molecule has 1 amide bonds. The van der Waals surface area contributed by atoms with Gasteiger partial charge in [0.15, 0.2) is 0 Å². The summed E-state index contributed by atoms with van der Waals surface area (Å²) < 4.78 is 37.6. The number of nitrogens with zero attached hydrogens (tertiary/aromatic N) is 3. The molecular weight excluding hydrogens is 357 g/mol. The molecule has 1 fully saturated rings. The van der Waals surface area contributed by atoms with Crippen molar-refractivity contribution in [3.63, 3.8) is 0 Å². The average molecular weight is 378 g/mol. The molecule has 5 nitrogen and oxygen atoms in total. The van der Waals surface area contributed by atoms with Gasteiger partial charge in [0.05, 0.1) is 5.56 Å². The number of amides is 1. The summed E-state index contributed by atoms with van der Waals surface area (Å²) in [5.41, 5.74) is -0.120. The molecule has 0 unspecified atom stereocenters. The fourth-order valence-corrected chi connectivity index (χ4v) is 2.97. The van der Waals surface area contributed by atoms with E-state index in [0.717, 1.165) is 31.0 Å². The van der Waals surface area contributed by atoms with Crippen molar-refractivity contribution in [1.82, 2.24) is 9.88 Å². The van der Waals surface area contributed by atoms with Gasteiger partial charge >= 0.3 is 6.18 Å². The first-order valence-electron chi connectivity index (χ1n) is 8.78. The largest absolute Gasteiger partial charge is 0.416 e. The predicted octanol–water partition coefficient (Wildman–Crippen LogP) is 3.25. The molecule has 0 radical (unpaired) electrons. The number of anilines is 2. The molecular formula is C19H21F3N4O. The molecule has 1 aromatic carbocycles. The molecule has 0 aliphatic carbocycles. The van der Waals surface area contributed by atoms with E-state index in [1.165, 1.54) is 12.1 Å². The summed E-state index contributed by atoms with van der Waals surface area (Å²) in [4.78, 5) is 20.6. The summed E-state index contributed by atoms with van der Waals surface area (Å²) in [7, 11) is 0. The second-order valence-electron chi connectivity index (χ2n) is 6.31. The van der Waals surface area contributed by atoms with Gasteiger partial charge in [0.2, 0.25) is 5.91 Å². The number of nitrogens with one attached hydrogen (secondary N) is 1. The minimum atomic E-state index is -4.34. The Labute approximate surface area is 155 Å². The van der Waals surface area contributed by atoms with Crippen molar-refractivity contribution in [3.8, 4) is 0 Å². The number of piperazine rings is 1. The zero-order valence-electron chi connectivity index (χ0n) is 14.7. The van der Waals surface area contributed by atoms with Crippen LogP contribution in [0.3, 0.4) is 0 Å². The third kappa shape index (κ3) is 5.12. The summed E-state index contributed by atoms with van der Waals surface area (Å²) >= 11 is 0. The lowest BCUT2D eigenvalue weighted by atomic mass is 10.2. The molecule has 3 rings (SSSR count). The van der Waals surface area contributed by atoms with Crippen molar-refractivity contribution in [2.45, 2.75) is 12.6 Å². The smallest absolute Gasteiger partial charge is 0.385 e. The molecule has 1 saturated heterocycles. The number of benzene rings is 1. The van der Waals surface area contributed by atoms with E-state index in [1.54, 1.807) is 6.20 Å². The number of halogens is 3. The summed E-state index contributed by atoms with van der Waals surface area (Å²) in [6.07, 6.45) is -2.30. The summed E-state index contributed by atoms with van der Waals surface area (Å²) in [5.74, 6) is 0.948. The van der Waals surface area contributed by atoms with Gasteiger partial charge in [-0.2, -0.15) is 13.2 Å². The van der Waals surface area contributed by atoms with Gasteiger partial charge in [-0.15, -0.1) is 0 Å². The first kappa shape index (κ1) is 19.0. The number of hydrogen-bond donors (Lipinski definition) is 1. The fraction of sp³-hybridized carbons (Fsp3) is 0.368. The molecule has 0 spiro atoms. The van der Waals surface area contributed by atoms with Crippen molar-refractivity contribution in [2.24, 2.45) is 0 Å². The number of alkyl halides is 3. The van der Waals surface area contributed by atoms with Gasteiger partial charge in [0.25, 0.3) is 0 Å². The molecule has 2 heterocycles. The Kier molecular flexibility index (Phi) is 5.83. The van der Waals surface area contributed by atoms with Crippen LogP contribution in [-0.2, 0) is 11.0 Å². The highest BCUT2D eigenvalue weighted by Crippen LogP contribution is 2.29. The number of hydrogen-bond acceptors (Lipinski definition) is 4. The van der Waals surface area contributed by atoms with Crippen LogP contribution in [0, 0.1) is 0 Å². The van der Waals surface area contributed by atoms with Crippen molar-refractivity contribution in [3.05, 3.63) is 54.2 Å². The van der Waals surface area contributed by atoms with Crippen LogP contribution < -0.4 is 10.2 Å². The number of carbonyl (C=O) groups excluding carboxylic acids is 1. The number of pyridine rings is 1. The van der Waals surface area contributed by atoms with Gasteiger partial charge in [-0.25, -0.2) is 4.98 Å². The van der Waals surface area contributed by atoms with Crippen LogP contribution in [0.1, 0.15) is 12.0 Å². The van der Waals surface area contributed by atoms with Gasteiger partial charge in [0, 0.05) is 51.0 Å². The van der Waals surface area contributed by atoms with E-state index < -0.39 is 11.7 Å². The van der Waals surface area contributed by atoms with Crippen molar-refractivity contribution < 1.29 is 18.0 Å². The molecule has 0 atom stereocenters. The Morgan fingerprint density at radius 1 is 1.04 bits per heavy atom. The summed E-state index contributed by atoms with van der Waals surface area (Å²) in [5, 5.41) is 2.99. The van der Waals surface area contributed by atoms with Gasteiger partial charge in [0.1, 0.15) is 5.82 Å². The number of carbonyl (C=O) groups is 1. The zero-order chi connectivity index (χ0) is 19.3. The molecule has 144 valence electrons. The molecule has 27 heavy (non-hydrogen) atoms. The highest BCUT2D eigenvalue weighted by molar-refractivity contribution is 5.77. The van der Waals surface area contributed by atoms with Gasteiger partial charge in [-0.3, -0.25) is 4.79 Å². The molecule has 8 heteroatoms. The first-order chi connectivity index (χ1) is 12.9. The van der Waals surface area contributed by atoms with E-state index in [2.05, 4.69) is 15.2 Å². The highest BCUT2D eigenvalue weighted by atomic mass is 19.4. The van der Waals surface area contributed by atoms with Gasteiger partial charge in [-0.1, -0.05) is 6.07 Å². The molecule has 1 aromatic heterocycles. The summed E-state index contributed by atoms with van der Waals surface area (Å²) in [6.45, 7) is 3.11. The lowest BCUT2D eigenvalue weighted by Crippen LogP contribution is -2.49. The zero-order valence-corrected chi connectivity index (χ0v) is 14.7. The van der Waals surface area contributed by atoms with E-state index >= 15 is 0 Å². The van der Waals surface area contributed by atoms with Crippen LogP contribution in [0.15, 0.2) is 48.7 Å². The van der Waals surface area contributed by atoms with Gasteiger partial charge < -0.3 is 15.1 Å². The van der Waals surface area contributed by atoms with Crippen LogP contribution in [0.25, 0.3) is 0 Å². The van der Waals surface area contributed by atoms with Crippen molar-refractivity contribution in [2.75, 3.05) is 42.9 Å². The maximum Gasteiger partial charge on any atom is 0.416 e. The fourth-order valence-electron chi connectivity index (χ4n) is 2.97. The maximum absolute atomic E-state index is 12.5. The van der Waals surface area contributed by atoms with Crippen LogP contribution in [-0.4, -0.2) is 48.5 Å². The van der Waals surface area contributed by atoms with Crippen LogP contribution in [0.2, 0.25) is 0 Å². The first-order valence-corrected chi connectivity index (χ1v) is 8.78. The van der Waals surface area contributed by atoms with Crippen molar-refractivity contribution in [1.29, 1.82) is 0 Å².